The third-order valence-corrected chi connectivity index (χ3v) is 5.31. The van der Waals surface area contributed by atoms with Crippen LogP contribution >= 0.6 is 0 Å². The van der Waals surface area contributed by atoms with Gasteiger partial charge in [0.1, 0.15) is 23.0 Å². The summed E-state index contributed by atoms with van der Waals surface area (Å²) in [5.41, 5.74) is 0.931. The molecule has 1 aliphatic heterocycles. The number of amides is 1. The number of ketones is 1. The minimum atomic E-state index is -0.854. The van der Waals surface area contributed by atoms with E-state index in [9.17, 15) is 14.7 Å². The normalized spacial score (nSPS) is 17.5. The smallest absolute Gasteiger partial charge is 0.295 e. The molecule has 8 heteroatoms. The number of nitrogens with zero attached hydrogens (tertiary/aromatic N) is 1. The maximum absolute atomic E-state index is 13.1. The van der Waals surface area contributed by atoms with Crippen LogP contribution in [0.25, 0.3) is 5.76 Å². The average molecular weight is 456 g/mol. The van der Waals surface area contributed by atoms with Crippen molar-refractivity contribution >= 4 is 17.4 Å². The van der Waals surface area contributed by atoms with Crippen molar-refractivity contribution in [3.63, 3.8) is 0 Å². The second-order valence-corrected chi connectivity index (χ2v) is 7.78. The highest BCUT2D eigenvalue weighted by molar-refractivity contribution is 6.46. The fourth-order valence-electron chi connectivity index (χ4n) is 3.79. The molecule has 3 rings (SSSR count). The van der Waals surface area contributed by atoms with Gasteiger partial charge in [-0.25, -0.2) is 0 Å². The van der Waals surface area contributed by atoms with Gasteiger partial charge in [0.05, 0.1) is 38.5 Å². The van der Waals surface area contributed by atoms with Crippen molar-refractivity contribution in [3.05, 3.63) is 59.2 Å². The van der Waals surface area contributed by atoms with Crippen molar-refractivity contribution in [2.24, 2.45) is 0 Å². The molecule has 2 aromatic rings. The van der Waals surface area contributed by atoms with Crippen molar-refractivity contribution in [2.75, 3.05) is 34.5 Å². The van der Waals surface area contributed by atoms with Crippen molar-refractivity contribution in [1.29, 1.82) is 0 Å². The van der Waals surface area contributed by atoms with Crippen LogP contribution in [0.15, 0.2) is 48.0 Å². The Hall–Kier alpha value is -3.52. The number of Topliss-reactive ketones (excluding diaryl/α,β-unsaturated/α-hetero) is 1. The van der Waals surface area contributed by atoms with E-state index in [-0.39, 0.29) is 30.6 Å². The zero-order valence-electron chi connectivity index (χ0n) is 19.5. The van der Waals surface area contributed by atoms with E-state index in [0.29, 0.717) is 28.4 Å². The second kappa shape index (κ2) is 10.4. The van der Waals surface area contributed by atoms with Crippen LogP contribution in [-0.2, 0) is 14.3 Å². The monoisotopic (exact) mass is 455 g/mol. The number of methoxy groups -OCH3 is 3. The van der Waals surface area contributed by atoms with Gasteiger partial charge in [-0.3, -0.25) is 9.59 Å². The van der Waals surface area contributed by atoms with Crippen LogP contribution in [0.4, 0.5) is 0 Å². The molecule has 1 N–H and O–H groups in total. The van der Waals surface area contributed by atoms with Crippen LogP contribution < -0.4 is 14.2 Å². The van der Waals surface area contributed by atoms with Gasteiger partial charge in [-0.1, -0.05) is 0 Å². The first-order valence-electron chi connectivity index (χ1n) is 10.6. The van der Waals surface area contributed by atoms with Crippen LogP contribution in [0.5, 0.6) is 17.2 Å². The first kappa shape index (κ1) is 24.1. The largest absolute Gasteiger partial charge is 0.507 e. The summed E-state index contributed by atoms with van der Waals surface area (Å²) in [6.45, 7) is 4.22. The quantitative estimate of drug-likeness (QED) is 0.351. The molecule has 8 nitrogen and oxygen atoms in total. The molecule has 176 valence electrons. The molecule has 0 radical (unpaired) electrons. The van der Waals surface area contributed by atoms with E-state index in [0.717, 1.165) is 0 Å². The molecule has 1 heterocycles. The summed E-state index contributed by atoms with van der Waals surface area (Å²) >= 11 is 0. The van der Waals surface area contributed by atoms with Crippen molar-refractivity contribution in [1.82, 2.24) is 4.90 Å². The minimum Gasteiger partial charge on any atom is -0.507 e. The van der Waals surface area contributed by atoms with E-state index >= 15 is 0 Å². The Labute approximate surface area is 193 Å². The third-order valence-electron chi connectivity index (χ3n) is 5.31. The van der Waals surface area contributed by atoms with Gasteiger partial charge in [0.2, 0.25) is 0 Å². The molecule has 1 atom stereocenters. The highest BCUT2D eigenvalue weighted by Crippen LogP contribution is 2.43. The number of likely N-dealkylation sites (tertiary alicyclic amines) is 1. The standard InChI is InChI=1S/C25H29NO7/c1-15(2)33-17-8-6-16(7-9-17)23(27)21-22(26(12-13-30-3)25(29)24(21)28)19-11-10-18(31-4)14-20(19)32-5/h6-11,14-15,22,27H,12-13H2,1-5H3/b23-21+. The molecule has 0 aromatic heterocycles. The van der Waals surface area contributed by atoms with E-state index in [4.69, 9.17) is 18.9 Å². The number of aliphatic hydroxyl groups is 1. The molecular weight excluding hydrogens is 426 g/mol. The summed E-state index contributed by atoms with van der Waals surface area (Å²) in [6, 6.07) is 11.0. The molecule has 0 bridgehead atoms. The van der Waals surface area contributed by atoms with Crippen molar-refractivity contribution < 1.29 is 33.6 Å². The number of benzene rings is 2. The fourth-order valence-corrected chi connectivity index (χ4v) is 3.79. The van der Waals surface area contributed by atoms with Gasteiger partial charge in [-0.05, 0) is 50.2 Å². The van der Waals surface area contributed by atoms with E-state index in [2.05, 4.69) is 0 Å². The first-order valence-corrected chi connectivity index (χ1v) is 10.6. The van der Waals surface area contributed by atoms with Gasteiger partial charge in [0, 0.05) is 30.8 Å². The van der Waals surface area contributed by atoms with Crippen molar-refractivity contribution in [2.45, 2.75) is 26.0 Å². The topological polar surface area (TPSA) is 94.5 Å². The van der Waals surface area contributed by atoms with Gasteiger partial charge in [0.25, 0.3) is 11.7 Å². The Balaban J connectivity index is 2.14. The van der Waals surface area contributed by atoms with E-state index in [1.165, 1.54) is 26.2 Å². The predicted molar refractivity (Wildman–Crippen MR) is 123 cm³/mol. The molecule has 33 heavy (non-hydrogen) atoms. The summed E-state index contributed by atoms with van der Waals surface area (Å²) in [6.07, 6.45) is -0.00177. The number of aliphatic hydroxyl groups excluding tert-OH is 1. The second-order valence-electron chi connectivity index (χ2n) is 7.78. The number of carbonyl (C=O) groups excluding carboxylic acids is 2. The maximum Gasteiger partial charge on any atom is 0.295 e. The molecule has 1 amide bonds. The van der Waals surface area contributed by atoms with E-state index < -0.39 is 17.7 Å². The summed E-state index contributed by atoms with van der Waals surface area (Å²) in [5.74, 6) is -0.131. The molecule has 0 saturated carbocycles. The minimum absolute atomic E-state index is 0.00177. The Morgan fingerprint density at radius 2 is 1.67 bits per heavy atom. The summed E-state index contributed by atoms with van der Waals surface area (Å²) < 4.78 is 21.6. The molecule has 0 aliphatic carbocycles. The molecule has 0 spiro atoms. The molecule has 1 saturated heterocycles. The summed E-state index contributed by atoms with van der Waals surface area (Å²) in [5, 5.41) is 11.2. The molecular formula is C25H29NO7. The highest BCUT2D eigenvalue weighted by atomic mass is 16.5. The number of hydrogen-bond donors (Lipinski definition) is 1. The van der Waals surface area contributed by atoms with Crippen LogP contribution in [0.2, 0.25) is 0 Å². The summed E-state index contributed by atoms with van der Waals surface area (Å²) in [4.78, 5) is 27.4. The Kier molecular flexibility index (Phi) is 7.60. The highest BCUT2D eigenvalue weighted by Gasteiger charge is 2.47. The Bertz CT molecular complexity index is 1040. The van der Waals surface area contributed by atoms with Gasteiger partial charge in [0.15, 0.2) is 0 Å². The fraction of sp³-hybridized carbons (Fsp3) is 0.360. The molecule has 1 fully saturated rings. The number of ether oxygens (including phenoxy) is 4. The Morgan fingerprint density at radius 1 is 1.00 bits per heavy atom. The average Bonchev–Trinajstić information content (AvgIpc) is 3.06. The van der Waals surface area contributed by atoms with E-state index in [1.54, 1.807) is 42.5 Å². The predicted octanol–water partition coefficient (Wildman–Crippen LogP) is 3.56. The lowest BCUT2D eigenvalue weighted by atomic mass is 9.94. The SMILES string of the molecule is COCCN1C(=O)C(=O)/C(=C(/O)c2ccc(OC(C)C)cc2)C1c1ccc(OC)cc1OC. The van der Waals surface area contributed by atoms with Gasteiger partial charge in [-0.2, -0.15) is 0 Å². The lowest BCUT2D eigenvalue weighted by Gasteiger charge is -2.26. The molecule has 1 unspecified atom stereocenters. The van der Waals surface area contributed by atoms with Crippen LogP contribution in [0, 0.1) is 0 Å². The van der Waals surface area contributed by atoms with E-state index in [1.807, 2.05) is 13.8 Å². The first-order chi connectivity index (χ1) is 15.8. The van der Waals surface area contributed by atoms with Crippen LogP contribution in [-0.4, -0.2) is 62.3 Å². The zero-order chi connectivity index (χ0) is 24.1. The van der Waals surface area contributed by atoms with Crippen molar-refractivity contribution in [3.8, 4) is 17.2 Å². The zero-order valence-corrected chi connectivity index (χ0v) is 19.5. The van der Waals surface area contributed by atoms with Gasteiger partial charge >= 0.3 is 0 Å². The maximum atomic E-state index is 13.1. The summed E-state index contributed by atoms with van der Waals surface area (Å²) in [7, 11) is 4.54. The number of carbonyl (C=O) groups is 2. The van der Waals surface area contributed by atoms with Gasteiger partial charge in [-0.15, -0.1) is 0 Å². The molecule has 1 aliphatic rings. The van der Waals surface area contributed by atoms with Gasteiger partial charge < -0.3 is 29.0 Å². The number of hydrogen-bond acceptors (Lipinski definition) is 7. The third kappa shape index (κ3) is 4.96. The lowest BCUT2D eigenvalue weighted by molar-refractivity contribution is -0.140. The Morgan fingerprint density at radius 3 is 2.24 bits per heavy atom. The lowest BCUT2D eigenvalue weighted by Crippen LogP contribution is -2.32. The van der Waals surface area contributed by atoms with Crippen LogP contribution in [0.3, 0.4) is 0 Å². The molecule has 2 aromatic carbocycles. The number of rotatable bonds is 9. The van der Waals surface area contributed by atoms with Crippen LogP contribution in [0.1, 0.15) is 31.0 Å².